The maximum absolute atomic E-state index is 11.3. The van der Waals surface area contributed by atoms with E-state index in [1.165, 1.54) is 5.56 Å². The van der Waals surface area contributed by atoms with Gasteiger partial charge in [-0.2, -0.15) is 0 Å². The molecule has 1 N–H and O–H groups in total. The molecule has 0 aromatic heterocycles. The highest BCUT2D eigenvalue weighted by molar-refractivity contribution is 5.75. The summed E-state index contributed by atoms with van der Waals surface area (Å²) >= 11 is 0. The second-order valence-electron chi connectivity index (χ2n) is 4.77. The molecule has 0 saturated heterocycles. The molecule has 1 rings (SSSR count). The molecule has 0 aliphatic rings. The van der Waals surface area contributed by atoms with Crippen LogP contribution in [0.2, 0.25) is 0 Å². The Morgan fingerprint density at radius 2 is 2.05 bits per heavy atom. The molecule has 0 saturated carbocycles. The van der Waals surface area contributed by atoms with Crippen molar-refractivity contribution < 1.29 is 9.53 Å². The van der Waals surface area contributed by atoms with Crippen LogP contribution in [0.4, 0.5) is 0 Å². The molecule has 0 fully saturated rings. The lowest BCUT2D eigenvalue weighted by Crippen LogP contribution is -2.23. The third-order valence-electron chi connectivity index (χ3n) is 2.81. The van der Waals surface area contributed by atoms with Gasteiger partial charge in [-0.1, -0.05) is 32.1 Å². The van der Waals surface area contributed by atoms with Gasteiger partial charge in [0.05, 0.1) is 6.61 Å². The number of ether oxygens (including phenoxy) is 1. The SMILES string of the molecule is C=CCNC(=O)CCCOc1ccc(C(C)C)cc1. The quantitative estimate of drug-likeness (QED) is 0.576. The molecule has 104 valence electrons. The molecule has 0 unspecified atom stereocenters. The summed E-state index contributed by atoms with van der Waals surface area (Å²) in [4.78, 5) is 11.3. The van der Waals surface area contributed by atoms with Crippen LogP contribution in [0.15, 0.2) is 36.9 Å². The summed E-state index contributed by atoms with van der Waals surface area (Å²) in [6.07, 6.45) is 2.87. The molecule has 0 bridgehead atoms. The lowest BCUT2D eigenvalue weighted by Gasteiger charge is -2.09. The second kappa shape index (κ2) is 8.35. The molecular formula is C16H23NO2. The average molecular weight is 261 g/mol. The van der Waals surface area contributed by atoms with E-state index in [1.807, 2.05) is 12.1 Å². The summed E-state index contributed by atoms with van der Waals surface area (Å²) in [5.41, 5.74) is 1.30. The summed E-state index contributed by atoms with van der Waals surface area (Å²) in [7, 11) is 0. The van der Waals surface area contributed by atoms with E-state index >= 15 is 0 Å². The minimum atomic E-state index is 0.0404. The van der Waals surface area contributed by atoms with E-state index in [4.69, 9.17) is 4.74 Å². The second-order valence-corrected chi connectivity index (χ2v) is 4.77. The summed E-state index contributed by atoms with van der Waals surface area (Å²) in [6, 6.07) is 8.12. The Morgan fingerprint density at radius 1 is 1.37 bits per heavy atom. The van der Waals surface area contributed by atoms with Gasteiger partial charge in [-0.25, -0.2) is 0 Å². The maximum atomic E-state index is 11.3. The van der Waals surface area contributed by atoms with E-state index < -0.39 is 0 Å². The van der Waals surface area contributed by atoms with Gasteiger partial charge in [0, 0.05) is 13.0 Å². The zero-order valence-electron chi connectivity index (χ0n) is 11.8. The molecule has 0 aliphatic heterocycles. The molecule has 0 radical (unpaired) electrons. The molecular weight excluding hydrogens is 238 g/mol. The average Bonchev–Trinajstić information content (AvgIpc) is 2.41. The number of nitrogens with one attached hydrogen (secondary N) is 1. The van der Waals surface area contributed by atoms with Crippen LogP contribution in [0.5, 0.6) is 5.75 Å². The molecule has 19 heavy (non-hydrogen) atoms. The van der Waals surface area contributed by atoms with Gasteiger partial charge in [-0.15, -0.1) is 6.58 Å². The van der Waals surface area contributed by atoms with Crippen molar-refractivity contribution in [1.29, 1.82) is 0 Å². The molecule has 1 aromatic rings. The molecule has 0 spiro atoms. The van der Waals surface area contributed by atoms with Gasteiger partial charge in [0.1, 0.15) is 5.75 Å². The number of rotatable bonds is 8. The van der Waals surface area contributed by atoms with E-state index in [-0.39, 0.29) is 5.91 Å². The molecule has 3 heteroatoms. The van der Waals surface area contributed by atoms with Gasteiger partial charge in [0.2, 0.25) is 5.91 Å². The van der Waals surface area contributed by atoms with E-state index in [2.05, 4.69) is 37.9 Å². The van der Waals surface area contributed by atoms with Crippen molar-refractivity contribution in [2.24, 2.45) is 0 Å². The number of hydrogen-bond donors (Lipinski definition) is 1. The Balaban J connectivity index is 2.22. The number of carbonyl (C=O) groups excluding carboxylic acids is 1. The lowest BCUT2D eigenvalue weighted by atomic mass is 10.0. The summed E-state index contributed by atoms with van der Waals surface area (Å²) in [6.45, 7) is 8.96. The fraction of sp³-hybridized carbons (Fsp3) is 0.438. The van der Waals surface area contributed by atoms with Gasteiger partial charge in [0.25, 0.3) is 0 Å². The smallest absolute Gasteiger partial charge is 0.220 e. The number of amides is 1. The first-order chi connectivity index (χ1) is 9.13. The predicted octanol–water partition coefficient (Wildman–Crippen LogP) is 3.27. The van der Waals surface area contributed by atoms with E-state index in [9.17, 15) is 4.79 Å². The van der Waals surface area contributed by atoms with E-state index in [1.54, 1.807) is 6.08 Å². The minimum absolute atomic E-state index is 0.0404. The van der Waals surface area contributed by atoms with Crippen LogP contribution < -0.4 is 10.1 Å². The Bertz CT molecular complexity index is 396. The Hall–Kier alpha value is -1.77. The van der Waals surface area contributed by atoms with Crippen molar-refractivity contribution in [3.05, 3.63) is 42.5 Å². The van der Waals surface area contributed by atoms with Gasteiger partial charge in [-0.05, 0) is 30.0 Å². The van der Waals surface area contributed by atoms with Crippen LogP contribution in [-0.4, -0.2) is 19.1 Å². The van der Waals surface area contributed by atoms with Crippen LogP contribution in [0.25, 0.3) is 0 Å². The van der Waals surface area contributed by atoms with Crippen LogP contribution in [0.1, 0.15) is 38.2 Å². The monoisotopic (exact) mass is 261 g/mol. The zero-order valence-corrected chi connectivity index (χ0v) is 11.8. The largest absolute Gasteiger partial charge is 0.494 e. The minimum Gasteiger partial charge on any atom is -0.494 e. The van der Waals surface area contributed by atoms with Crippen LogP contribution in [-0.2, 0) is 4.79 Å². The molecule has 0 aliphatic carbocycles. The van der Waals surface area contributed by atoms with Crippen molar-refractivity contribution in [3.8, 4) is 5.75 Å². The van der Waals surface area contributed by atoms with Gasteiger partial charge in [-0.3, -0.25) is 4.79 Å². The first-order valence-corrected chi connectivity index (χ1v) is 6.74. The normalized spacial score (nSPS) is 10.3. The first kappa shape index (κ1) is 15.3. The molecule has 1 amide bonds. The predicted molar refractivity (Wildman–Crippen MR) is 78.5 cm³/mol. The van der Waals surface area contributed by atoms with Crippen molar-refractivity contribution in [2.75, 3.05) is 13.2 Å². The summed E-state index contributed by atoms with van der Waals surface area (Å²) in [5, 5.41) is 2.74. The fourth-order valence-electron chi connectivity index (χ4n) is 1.65. The number of benzene rings is 1. The molecule has 3 nitrogen and oxygen atoms in total. The van der Waals surface area contributed by atoms with Crippen molar-refractivity contribution in [1.82, 2.24) is 5.32 Å². The fourth-order valence-corrected chi connectivity index (χ4v) is 1.65. The topological polar surface area (TPSA) is 38.3 Å². The highest BCUT2D eigenvalue weighted by Gasteiger charge is 2.01. The highest BCUT2D eigenvalue weighted by Crippen LogP contribution is 2.18. The molecule has 1 aromatic carbocycles. The molecule has 0 atom stereocenters. The number of carbonyl (C=O) groups is 1. The van der Waals surface area contributed by atoms with Crippen molar-refractivity contribution in [3.63, 3.8) is 0 Å². The van der Waals surface area contributed by atoms with Gasteiger partial charge >= 0.3 is 0 Å². The van der Waals surface area contributed by atoms with Gasteiger partial charge in [0.15, 0.2) is 0 Å². The third kappa shape index (κ3) is 6.09. The zero-order chi connectivity index (χ0) is 14.1. The third-order valence-corrected chi connectivity index (χ3v) is 2.81. The Labute approximate surface area is 115 Å². The van der Waals surface area contributed by atoms with Crippen LogP contribution >= 0.6 is 0 Å². The van der Waals surface area contributed by atoms with Crippen molar-refractivity contribution in [2.45, 2.75) is 32.6 Å². The lowest BCUT2D eigenvalue weighted by molar-refractivity contribution is -0.121. The summed E-state index contributed by atoms with van der Waals surface area (Å²) < 4.78 is 5.60. The Kier molecular flexibility index (Phi) is 6.72. The number of hydrogen-bond acceptors (Lipinski definition) is 2. The first-order valence-electron chi connectivity index (χ1n) is 6.74. The van der Waals surface area contributed by atoms with E-state index in [0.717, 1.165) is 12.2 Å². The van der Waals surface area contributed by atoms with Gasteiger partial charge < -0.3 is 10.1 Å². The highest BCUT2D eigenvalue weighted by atomic mass is 16.5. The summed E-state index contributed by atoms with van der Waals surface area (Å²) in [5.74, 6) is 1.43. The van der Waals surface area contributed by atoms with Crippen LogP contribution in [0.3, 0.4) is 0 Å². The van der Waals surface area contributed by atoms with E-state index in [0.29, 0.717) is 25.5 Å². The van der Waals surface area contributed by atoms with Crippen LogP contribution in [0, 0.1) is 0 Å². The molecule has 0 heterocycles. The van der Waals surface area contributed by atoms with Crippen molar-refractivity contribution >= 4 is 5.91 Å². The maximum Gasteiger partial charge on any atom is 0.220 e. The Morgan fingerprint density at radius 3 is 2.63 bits per heavy atom. The standard InChI is InChI=1S/C16H23NO2/c1-4-11-17-16(18)6-5-12-19-15-9-7-14(8-10-15)13(2)3/h4,7-10,13H,1,5-6,11-12H2,2-3H3,(H,17,18).